The van der Waals surface area contributed by atoms with E-state index in [-0.39, 0.29) is 11.6 Å². The van der Waals surface area contributed by atoms with E-state index in [4.69, 9.17) is 9.47 Å². The Morgan fingerprint density at radius 3 is 2.00 bits per heavy atom. The Morgan fingerprint density at radius 2 is 1.48 bits per heavy atom. The van der Waals surface area contributed by atoms with Gasteiger partial charge in [-0.25, -0.2) is 0 Å². The molecule has 1 aromatic heterocycles. The average molecular weight is 394 g/mol. The number of hydrogen-bond acceptors (Lipinski definition) is 4. The van der Waals surface area contributed by atoms with Crippen molar-refractivity contribution in [3.63, 3.8) is 0 Å². The predicted octanol–water partition coefficient (Wildman–Crippen LogP) is 4.73. The van der Waals surface area contributed by atoms with E-state index in [1.54, 1.807) is 14.2 Å². The highest BCUT2D eigenvalue weighted by Crippen LogP contribution is 2.23. The monoisotopic (exact) mass is 393 g/mol. The van der Waals surface area contributed by atoms with Crippen LogP contribution in [-0.4, -0.2) is 24.0 Å². The Bertz CT molecular complexity index is 893. The molecule has 1 heterocycles. The van der Waals surface area contributed by atoms with Crippen molar-refractivity contribution in [1.29, 1.82) is 0 Å². The van der Waals surface area contributed by atoms with E-state index >= 15 is 0 Å². The molecule has 2 aromatic carbocycles. The quantitative estimate of drug-likeness (QED) is 0.601. The van der Waals surface area contributed by atoms with Gasteiger partial charge in [-0.05, 0) is 62.6 Å². The minimum Gasteiger partial charge on any atom is -0.497 e. The molecular weight excluding hydrogens is 362 g/mol. The minimum atomic E-state index is -0.0171. The van der Waals surface area contributed by atoms with Crippen molar-refractivity contribution in [2.24, 2.45) is 0 Å². The highest BCUT2D eigenvalue weighted by molar-refractivity contribution is 5.32. The number of hydrogen-bond donors (Lipinski definition) is 1. The number of rotatable bonds is 8. The molecule has 154 valence electrons. The standard InChI is InChI=1S/C24H31N3O2/c1-24(2,3)27-17-19(16-26-27)15-25-23(20-8-12-22(29-5)13-9-20)14-18-6-10-21(28-4)11-7-18/h6-13,16-17,23,25H,14-15H2,1-5H3. The van der Waals surface area contributed by atoms with Crippen molar-refractivity contribution >= 4 is 0 Å². The Balaban J connectivity index is 1.76. The summed E-state index contributed by atoms with van der Waals surface area (Å²) < 4.78 is 12.6. The topological polar surface area (TPSA) is 48.3 Å². The summed E-state index contributed by atoms with van der Waals surface area (Å²) in [6.07, 6.45) is 4.94. The summed E-state index contributed by atoms with van der Waals surface area (Å²) in [6.45, 7) is 7.21. The lowest BCUT2D eigenvalue weighted by atomic mass is 9.98. The molecule has 3 aromatic rings. The Labute approximate surface area is 173 Å². The summed E-state index contributed by atoms with van der Waals surface area (Å²) in [6, 6.07) is 16.7. The van der Waals surface area contributed by atoms with E-state index in [9.17, 15) is 0 Å². The van der Waals surface area contributed by atoms with E-state index in [1.807, 2.05) is 35.1 Å². The average Bonchev–Trinajstić information content (AvgIpc) is 3.21. The molecule has 1 unspecified atom stereocenters. The van der Waals surface area contributed by atoms with Crippen LogP contribution in [0.3, 0.4) is 0 Å². The lowest BCUT2D eigenvalue weighted by Crippen LogP contribution is -2.23. The number of methoxy groups -OCH3 is 2. The van der Waals surface area contributed by atoms with E-state index in [1.165, 1.54) is 16.7 Å². The first kappa shape index (κ1) is 20.9. The molecule has 0 saturated carbocycles. The fraction of sp³-hybridized carbons (Fsp3) is 0.375. The maximum Gasteiger partial charge on any atom is 0.118 e. The number of aromatic nitrogens is 2. The predicted molar refractivity (Wildman–Crippen MR) is 116 cm³/mol. The normalized spacial score (nSPS) is 12.6. The maximum atomic E-state index is 5.31. The van der Waals surface area contributed by atoms with E-state index in [0.717, 1.165) is 24.5 Å². The molecule has 5 nitrogen and oxygen atoms in total. The van der Waals surface area contributed by atoms with Crippen LogP contribution in [0.25, 0.3) is 0 Å². The minimum absolute atomic E-state index is 0.0171. The van der Waals surface area contributed by atoms with Gasteiger partial charge in [-0.2, -0.15) is 5.10 Å². The molecule has 3 rings (SSSR count). The van der Waals surface area contributed by atoms with Gasteiger partial charge in [-0.15, -0.1) is 0 Å². The molecule has 0 radical (unpaired) electrons. The summed E-state index contributed by atoms with van der Waals surface area (Å²) in [7, 11) is 3.38. The zero-order valence-electron chi connectivity index (χ0n) is 18.0. The van der Waals surface area contributed by atoms with Gasteiger partial charge < -0.3 is 14.8 Å². The smallest absolute Gasteiger partial charge is 0.118 e. The summed E-state index contributed by atoms with van der Waals surface area (Å²) in [4.78, 5) is 0. The first-order chi connectivity index (χ1) is 13.9. The lowest BCUT2D eigenvalue weighted by Gasteiger charge is -2.20. The van der Waals surface area contributed by atoms with Crippen LogP contribution in [0.1, 0.15) is 43.5 Å². The van der Waals surface area contributed by atoms with Gasteiger partial charge >= 0.3 is 0 Å². The van der Waals surface area contributed by atoms with E-state index in [0.29, 0.717) is 0 Å². The zero-order chi connectivity index (χ0) is 20.9. The third-order valence-corrected chi connectivity index (χ3v) is 4.99. The summed E-state index contributed by atoms with van der Waals surface area (Å²) in [5.74, 6) is 1.74. The fourth-order valence-corrected chi connectivity index (χ4v) is 3.20. The Hall–Kier alpha value is -2.79. The molecule has 0 saturated heterocycles. The fourth-order valence-electron chi connectivity index (χ4n) is 3.20. The van der Waals surface area contributed by atoms with Crippen molar-refractivity contribution in [3.8, 4) is 11.5 Å². The van der Waals surface area contributed by atoms with Crippen LogP contribution in [-0.2, 0) is 18.5 Å². The van der Waals surface area contributed by atoms with Gasteiger partial charge in [0, 0.05) is 24.3 Å². The van der Waals surface area contributed by atoms with Crippen LogP contribution in [0.2, 0.25) is 0 Å². The van der Waals surface area contributed by atoms with E-state index in [2.05, 4.69) is 61.6 Å². The number of nitrogens with zero attached hydrogens (tertiary/aromatic N) is 2. The number of benzene rings is 2. The van der Waals surface area contributed by atoms with Crippen molar-refractivity contribution < 1.29 is 9.47 Å². The summed E-state index contributed by atoms with van der Waals surface area (Å²) in [5, 5.41) is 8.22. The molecule has 5 heteroatoms. The molecule has 29 heavy (non-hydrogen) atoms. The third-order valence-electron chi connectivity index (χ3n) is 4.99. The largest absolute Gasteiger partial charge is 0.497 e. The first-order valence-corrected chi connectivity index (χ1v) is 9.93. The SMILES string of the molecule is COc1ccc(CC(NCc2cnn(C(C)(C)C)c2)c2ccc(OC)cc2)cc1. The molecule has 0 aliphatic carbocycles. The second kappa shape index (κ2) is 9.14. The van der Waals surface area contributed by atoms with Crippen molar-refractivity contribution in [2.45, 2.75) is 45.3 Å². The highest BCUT2D eigenvalue weighted by Gasteiger charge is 2.16. The molecule has 1 N–H and O–H groups in total. The summed E-state index contributed by atoms with van der Waals surface area (Å²) >= 11 is 0. The van der Waals surface area contributed by atoms with Crippen LogP contribution in [0.4, 0.5) is 0 Å². The molecule has 1 atom stereocenters. The molecule has 0 spiro atoms. The van der Waals surface area contributed by atoms with Gasteiger partial charge in [0.05, 0.1) is 26.0 Å². The number of nitrogens with one attached hydrogen (secondary N) is 1. The molecular formula is C24H31N3O2. The molecule has 0 amide bonds. The Morgan fingerprint density at radius 1 is 0.897 bits per heavy atom. The van der Waals surface area contributed by atoms with Crippen LogP contribution >= 0.6 is 0 Å². The van der Waals surface area contributed by atoms with Crippen LogP contribution < -0.4 is 14.8 Å². The molecule has 0 fully saturated rings. The third kappa shape index (κ3) is 5.61. The Kier molecular flexibility index (Phi) is 6.60. The van der Waals surface area contributed by atoms with E-state index < -0.39 is 0 Å². The van der Waals surface area contributed by atoms with Crippen LogP contribution in [0.15, 0.2) is 60.9 Å². The van der Waals surface area contributed by atoms with Crippen LogP contribution in [0, 0.1) is 0 Å². The summed E-state index contributed by atoms with van der Waals surface area (Å²) in [5.41, 5.74) is 3.64. The zero-order valence-corrected chi connectivity index (χ0v) is 18.0. The highest BCUT2D eigenvalue weighted by atomic mass is 16.5. The second-order valence-corrected chi connectivity index (χ2v) is 8.22. The second-order valence-electron chi connectivity index (χ2n) is 8.22. The van der Waals surface area contributed by atoms with Crippen molar-refractivity contribution in [1.82, 2.24) is 15.1 Å². The van der Waals surface area contributed by atoms with Gasteiger partial charge in [0.25, 0.3) is 0 Å². The molecule has 0 aliphatic rings. The van der Waals surface area contributed by atoms with Gasteiger partial charge in [0.1, 0.15) is 11.5 Å². The van der Waals surface area contributed by atoms with Gasteiger partial charge in [0.2, 0.25) is 0 Å². The maximum absolute atomic E-state index is 5.31. The van der Waals surface area contributed by atoms with Gasteiger partial charge in [-0.1, -0.05) is 24.3 Å². The number of ether oxygens (including phenoxy) is 2. The van der Waals surface area contributed by atoms with Crippen molar-refractivity contribution in [3.05, 3.63) is 77.6 Å². The van der Waals surface area contributed by atoms with Crippen molar-refractivity contribution in [2.75, 3.05) is 14.2 Å². The molecule has 0 aliphatic heterocycles. The van der Waals surface area contributed by atoms with Crippen LogP contribution in [0.5, 0.6) is 11.5 Å². The first-order valence-electron chi connectivity index (χ1n) is 9.93. The lowest BCUT2D eigenvalue weighted by molar-refractivity contribution is 0.355. The van der Waals surface area contributed by atoms with Gasteiger partial charge in [0.15, 0.2) is 0 Å². The molecule has 0 bridgehead atoms. The van der Waals surface area contributed by atoms with Gasteiger partial charge in [-0.3, -0.25) is 4.68 Å².